The van der Waals surface area contributed by atoms with E-state index in [-0.39, 0.29) is 18.1 Å². The van der Waals surface area contributed by atoms with Crippen LogP contribution in [0.4, 0.5) is 0 Å². The van der Waals surface area contributed by atoms with Gasteiger partial charge in [0.2, 0.25) is 0 Å². The van der Waals surface area contributed by atoms with Crippen LogP contribution in [-0.4, -0.2) is 49.6 Å². The first-order valence-corrected chi connectivity index (χ1v) is 10.2. The average Bonchev–Trinajstić information content (AvgIpc) is 3.12. The van der Waals surface area contributed by atoms with Crippen molar-refractivity contribution in [2.24, 2.45) is 5.92 Å². The highest BCUT2D eigenvalue weighted by molar-refractivity contribution is 7.99. The maximum absolute atomic E-state index is 12.9. The molecule has 5 rings (SSSR count). The molecule has 0 spiro atoms. The second-order valence-corrected chi connectivity index (χ2v) is 8.42. The van der Waals surface area contributed by atoms with E-state index >= 15 is 0 Å². The second kappa shape index (κ2) is 6.94. The molecule has 8 heteroatoms. The summed E-state index contributed by atoms with van der Waals surface area (Å²) in [5.41, 5.74) is 2.06. The minimum atomic E-state index is -0.114. The van der Waals surface area contributed by atoms with Crippen molar-refractivity contribution in [1.29, 1.82) is 5.26 Å². The number of pyridine rings is 1. The lowest BCUT2D eigenvalue weighted by Gasteiger charge is -2.16. The molecule has 2 unspecified atom stereocenters. The molecule has 144 valence electrons. The average molecular weight is 402 g/mol. The molecule has 0 saturated carbocycles. The number of benzene rings is 1. The van der Waals surface area contributed by atoms with E-state index in [4.69, 9.17) is 0 Å². The van der Waals surface area contributed by atoms with E-state index in [0.717, 1.165) is 15.4 Å². The van der Waals surface area contributed by atoms with Gasteiger partial charge in [0.25, 0.3) is 5.91 Å². The molecule has 0 aliphatic carbocycles. The topological polar surface area (TPSA) is 88.7 Å². The van der Waals surface area contributed by atoms with Crippen LogP contribution in [0.25, 0.3) is 11.3 Å². The summed E-state index contributed by atoms with van der Waals surface area (Å²) >= 11 is 1.61. The summed E-state index contributed by atoms with van der Waals surface area (Å²) in [4.78, 5) is 22.7. The summed E-state index contributed by atoms with van der Waals surface area (Å²) < 4.78 is 0. The molecule has 4 heterocycles. The van der Waals surface area contributed by atoms with Crippen molar-refractivity contribution in [3.05, 3.63) is 60.6 Å². The fourth-order valence-corrected chi connectivity index (χ4v) is 4.96. The SMILES string of the molecule is CC1CN(C#N)C2[C@@H]1N2C(=O)c1cc(-c2ccncc2Sc2ccccc2)n[nH]1. The molecule has 3 aromatic rings. The maximum atomic E-state index is 12.9. The normalized spacial score (nSPS) is 22.3. The van der Waals surface area contributed by atoms with E-state index in [9.17, 15) is 10.1 Å². The maximum Gasteiger partial charge on any atom is 0.274 e. The third-order valence-corrected chi connectivity index (χ3v) is 6.46. The number of nitrogens with one attached hydrogen (secondary N) is 1. The summed E-state index contributed by atoms with van der Waals surface area (Å²) in [6, 6.07) is 13.9. The van der Waals surface area contributed by atoms with Crippen LogP contribution in [0, 0.1) is 17.4 Å². The van der Waals surface area contributed by atoms with Crippen molar-refractivity contribution < 1.29 is 4.79 Å². The number of rotatable bonds is 4. The van der Waals surface area contributed by atoms with E-state index in [1.807, 2.05) is 42.6 Å². The largest absolute Gasteiger partial charge is 0.307 e. The quantitative estimate of drug-likeness (QED) is 0.533. The van der Waals surface area contributed by atoms with Crippen LogP contribution in [0.1, 0.15) is 17.4 Å². The summed E-state index contributed by atoms with van der Waals surface area (Å²) in [5, 5.41) is 16.5. The zero-order valence-corrected chi connectivity index (χ0v) is 16.5. The van der Waals surface area contributed by atoms with Gasteiger partial charge in [-0.3, -0.25) is 19.8 Å². The molecular weight excluding hydrogens is 384 g/mol. The molecular formula is C21H18N6OS. The van der Waals surface area contributed by atoms with Crippen molar-refractivity contribution >= 4 is 17.7 Å². The molecule has 7 nitrogen and oxygen atoms in total. The Hall–Kier alpha value is -3.31. The molecule has 1 N–H and O–H groups in total. The Morgan fingerprint density at radius 3 is 2.93 bits per heavy atom. The molecule has 3 atom stereocenters. The monoisotopic (exact) mass is 402 g/mol. The van der Waals surface area contributed by atoms with Gasteiger partial charge in [0, 0.05) is 34.3 Å². The number of likely N-dealkylation sites (tertiary alicyclic amines) is 1. The number of H-pyrrole nitrogens is 1. The predicted octanol–water partition coefficient (Wildman–Crippen LogP) is 3.21. The number of amides is 1. The zero-order chi connectivity index (χ0) is 20.0. The Labute approximate surface area is 172 Å². The minimum Gasteiger partial charge on any atom is -0.307 e. The first-order chi connectivity index (χ1) is 14.2. The van der Waals surface area contributed by atoms with Crippen molar-refractivity contribution in [3.8, 4) is 17.5 Å². The summed E-state index contributed by atoms with van der Waals surface area (Å²) in [5.74, 6) is 0.178. The Balaban J connectivity index is 1.39. The molecule has 29 heavy (non-hydrogen) atoms. The van der Waals surface area contributed by atoms with Crippen LogP contribution < -0.4 is 0 Å². The number of fused-ring (bicyclic) bond motifs is 1. The van der Waals surface area contributed by atoms with E-state index in [1.54, 1.807) is 33.8 Å². The van der Waals surface area contributed by atoms with E-state index in [0.29, 0.717) is 23.9 Å². The van der Waals surface area contributed by atoms with Gasteiger partial charge in [0.05, 0.1) is 11.7 Å². The predicted molar refractivity (Wildman–Crippen MR) is 108 cm³/mol. The van der Waals surface area contributed by atoms with Crippen molar-refractivity contribution in [2.75, 3.05) is 6.54 Å². The number of hydrogen-bond donors (Lipinski definition) is 1. The minimum absolute atomic E-state index is 0.110. The number of aromatic nitrogens is 3. The van der Waals surface area contributed by atoms with Gasteiger partial charge in [0.15, 0.2) is 6.19 Å². The highest BCUT2D eigenvalue weighted by Gasteiger charge is 2.62. The number of hydrogen-bond acceptors (Lipinski definition) is 6. The number of nitriles is 1. The van der Waals surface area contributed by atoms with E-state index in [2.05, 4.69) is 28.3 Å². The number of carbonyl (C=O) groups excluding carboxylic acids is 1. The number of carbonyl (C=O) groups is 1. The van der Waals surface area contributed by atoms with Crippen molar-refractivity contribution in [2.45, 2.75) is 28.9 Å². The zero-order valence-electron chi connectivity index (χ0n) is 15.7. The third kappa shape index (κ3) is 3.04. The number of nitrogens with zero attached hydrogens (tertiary/aromatic N) is 5. The fraction of sp³-hybridized carbons (Fsp3) is 0.238. The van der Waals surface area contributed by atoms with Crippen LogP contribution >= 0.6 is 11.8 Å². The second-order valence-electron chi connectivity index (χ2n) is 7.30. The van der Waals surface area contributed by atoms with Gasteiger partial charge in [-0.2, -0.15) is 10.4 Å². The van der Waals surface area contributed by atoms with Gasteiger partial charge < -0.3 is 4.90 Å². The molecule has 1 amide bonds. The van der Waals surface area contributed by atoms with Gasteiger partial charge >= 0.3 is 0 Å². The lowest BCUT2D eigenvalue weighted by atomic mass is 10.1. The van der Waals surface area contributed by atoms with Crippen LogP contribution in [-0.2, 0) is 0 Å². The molecule has 2 aromatic heterocycles. The Bertz CT molecular complexity index is 1110. The van der Waals surface area contributed by atoms with Gasteiger partial charge in [-0.05, 0) is 30.2 Å². The fourth-order valence-electron chi connectivity index (χ4n) is 4.02. The summed E-state index contributed by atoms with van der Waals surface area (Å²) in [6.07, 6.45) is 5.61. The third-order valence-electron chi connectivity index (χ3n) is 5.41. The molecule has 2 aliphatic rings. The smallest absolute Gasteiger partial charge is 0.274 e. The Morgan fingerprint density at radius 1 is 1.31 bits per heavy atom. The first kappa shape index (κ1) is 17.8. The highest BCUT2D eigenvalue weighted by atomic mass is 32.2. The number of aromatic amines is 1. The summed E-state index contributed by atoms with van der Waals surface area (Å²) in [7, 11) is 0. The van der Waals surface area contributed by atoms with Crippen molar-refractivity contribution in [1.82, 2.24) is 25.0 Å². The Morgan fingerprint density at radius 2 is 2.14 bits per heavy atom. The summed E-state index contributed by atoms with van der Waals surface area (Å²) in [6.45, 7) is 2.78. The van der Waals surface area contributed by atoms with Gasteiger partial charge in [-0.25, -0.2) is 0 Å². The van der Waals surface area contributed by atoms with Gasteiger partial charge in [-0.1, -0.05) is 36.9 Å². The first-order valence-electron chi connectivity index (χ1n) is 9.39. The van der Waals surface area contributed by atoms with Crippen molar-refractivity contribution in [3.63, 3.8) is 0 Å². The standard InChI is InChI=1S/C21H18N6OS/c1-13-11-26(12-22)20-19(13)27(20)21(28)17-9-16(24-25-17)15-7-8-23-10-18(15)29-14-5-3-2-4-6-14/h2-10,13,19-20H,11H2,1H3,(H,24,25)/t13?,19-,20?,27?/m1/s1. The van der Waals surface area contributed by atoms with E-state index in [1.165, 1.54) is 0 Å². The van der Waals surface area contributed by atoms with Crippen LogP contribution in [0.15, 0.2) is 64.6 Å². The molecule has 2 fully saturated rings. The van der Waals surface area contributed by atoms with Gasteiger partial charge in [-0.15, -0.1) is 0 Å². The molecule has 1 aromatic carbocycles. The van der Waals surface area contributed by atoms with Crippen LogP contribution in [0.3, 0.4) is 0 Å². The Kier molecular flexibility index (Phi) is 4.25. The van der Waals surface area contributed by atoms with Crippen LogP contribution in [0.5, 0.6) is 0 Å². The van der Waals surface area contributed by atoms with E-state index < -0.39 is 0 Å². The lowest BCUT2D eigenvalue weighted by molar-refractivity contribution is 0.0810. The molecule has 2 aliphatic heterocycles. The van der Waals surface area contributed by atoms with Crippen LogP contribution in [0.2, 0.25) is 0 Å². The molecule has 0 bridgehead atoms. The lowest BCUT2D eigenvalue weighted by Crippen LogP contribution is -2.30. The van der Waals surface area contributed by atoms with Gasteiger partial charge in [0.1, 0.15) is 11.9 Å². The molecule has 0 radical (unpaired) electrons. The highest BCUT2D eigenvalue weighted by Crippen LogP contribution is 2.44. The molecule has 2 saturated heterocycles.